The van der Waals surface area contributed by atoms with E-state index in [1.54, 1.807) is 50.8 Å². The van der Waals surface area contributed by atoms with E-state index >= 15 is 0 Å². The van der Waals surface area contributed by atoms with Gasteiger partial charge in [-0.15, -0.1) is 0 Å². The van der Waals surface area contributed by atoms with Gasteiger partial charge < -0.3 is 4.90 Å². The Balaban J connectivity index is 1.89. The van der Waals surface area contributed by atoms with E-state index in [0.29, 0.717) is 43.7 Å². The highest BCUT2D eigenvalue weighted by Crippen LogP contribution is 2.31. The number of anilines is 1. The highest BCUT2D eigenvalue weighted by Gasteiger charge is 2.28. The van der Waals surface area contributed by atoms with Crippen molar-refractivity contribution in [2.45, 2.75) is 56.4 Å². The number of benzene rings is 2. The Bertz CT molecular complexity index is 1220. The minimum atomic E-state index is -3.64. The molecule has 2 aromatic rings. The van der Waals surface area contributed by atoms with Crippen molar-refractivity contribution in [1.82, 2.24) is 9.03 Å². The van der Waals surface area contributed by atoms with Crippen LogP contribution in [0.25, 0.3) is 0 Å². The van der Waals surface area contributed by atoms with Crippen LogP contribution in [0.3, 0.4) is 0 Å². The number of nitrogens with zero attached hydrogens (tertiary/aromatic N) is 2. The molecule has 1 amide bonds. The van der Waals surface area contributed by atoms with Crippen LogP contribution in [0.1, 0.15) is 50.0 Å². The molecule has 0 saturated heterocycles. The number of nitrogens with one attached hydrogen (secondary N) is 1. The topological polar surface area (TPSA) is 104 Å². The summed E-state index contributed by atoms with van der Waals surface area (Å²) >= 11 is 0. The molecule has 0 atom stereocenters. The fourth-order valence-corrected chi connectivity index (χ4v) is 6.73. The Hall–Kier alpha value is -2.27. The van der Waals surface area contributed by atoms with Gasteiger partial charge in [-0.25, -0.2) is 21.6 Å². The van der Waals surface area contributed by atoms with Gasteiger partial charge in [-0.3, -0.25) is 4.79 Å². The second-order valence-electron chi connectivity index (χ2n) is 8.24. The van der Waals surface area contributed by atoms with Gasteiger partial charge >= 0.3 is 0 Å². The fourth-order valence-electron chi connectivity index (χ4n) is 3.97. The summed E-state index contributed by atoms with van der Waals surface area (Å²) < 4.78 is 54.4. The maximum atomic E-state index is 13.2. The predicted molar refractivity (Wildman–Crippen MR) is 128 cm³/mol. The lowest BCUT2D eigenvalue weighted by Gasteiger charge is -2.30. The zero-order valence-corrected chi connectivity index (χ0v) is 21.0. The highest BCUT2D eigenvalue weighted by atomic mass is 32.2. The molecule has 33 heavy (non-hydrogen) atoms. The predicted octanol–water partition coefficient (Wildman–Crippen LogP) is 3.00. The molecule has 180 valence electrons. The van der Waals surface area contributed by atoms with Crippen molar-refractivity contribution in [3.05, 3.63) is 53.6 Å². The molecule has 0 aliphatic carbocycles. The van der Waals surface area contributed by atoms with Gasteiger partial charge in [-0.2, -0.15) is 4.31 Å². The first-order valence-corrected chi connectivity index (χ1v) is 14.0. The highest BCUT2D eigenvalue weighted by molar-refractivity contribution is 7.89. The van der Waals surface area contributed by atoms with Gasteiger partial charge in [-0.05, 0) is 74.7 Å². The Labute approximate surface area is 196 Å². The summed E-state index contributed by atoms with van der Waals surface area (Å²) in [7, 11) is -7.23. The van der Waals surface area contributed by atoms with E-state index < -0.39 is 20.0 Å². The third-order valence-electron chi connectivity index (χ3n) is 5.56. The maximum Gasteiger partial charge on any atom is 0.258 e. The number of carbonyl (C=O) groups is 1. The van der Waals surface area contributed by atoms with Crippen LogP contribution in [-0.2, 0) is 26.5 Å². The van der Waals surface area contributed by atoms with Gasteiger partial charge in [-0.1, -0.05) is 13.8 Å². The zero-order valence-electron chi connectivity index (χ0n) is 19.4. The Kier molecular flexibility index (Phi) is 7.62. The van der Waals surface area contributed by atoms with E-state index in [1.807, 2.05) is 0 Å². The average molecular weight is 494 g/mol. The van der Waals surface area contributed by atoms with Crippen molar-refractivity contribution in [3.8, 4) is 0 Å². The normalized spacial score (nSPS) is 14.5. The minimum absolute atomic E-state index is 0.0954. The summed E-state index contributed by atoms with van der Waals surface area (Å²) in [6, 6.07) is 10.5. The molecule has 10 heteroatoms. The molecule has 2 aromatic carbocycles. The van der Waals surface area contributed by atoms with E-state index in [4.69, 9.17) is 0 Å². The number of carbonyl (C=O) groups excluding carboxylic acids is 1. The summed E-state index contributed by atoms with van der Waals surface area (Å²) in [5.74, 6) is -0.254. The van der Waals surface area contributed by atoms with Gasteiger partial charge in [0.25, 0.3) is 5.91 Å². The van der Waals surface area contributed by atoms with Crippen LogP contribution in [0.15, 0.2) is 52.3 Å². The quantitative estimate of drug-likeness (QED) is 0.609. The Morgan fingerprint density at radius 3 is 2.18 bits per heavy atom. The molecule has 1 heterocycles. The second kappa shape index (κ2) is 9.92. The molecule has 1 N–H and O–H groups in total. The van der Waals surface area contributed by atoms with E-state index in [9.17, 15) is 21.6 Å². The lowest BCUT2D eigenvalue weighted by Crippen LogP contribution is -2.36. The van der Waals surface area contributed by atoms with E-state index in [-0.39, 0.29) is 21.7 Å². The van der Waals surface area contributed by atoms with Crippen LogP contribution in [0.5, 0.6) is 0 Å². The SMILES string of the molecule is CCN(CC)S(=O)(=O)c1ccc2c(c1)CCCN2C(=O)c1ccc(S(=O)(=O)NC(C)C)cc1. The molecular weight excluding hydrogens is 462 g/mol. The van der Waals surface area contributed by atoms with Crippen LogP contribution in [0.2, 0.25) is 0 Å². The fraction of sp³-hybridized carbons (Fsp3) is 0.435. The first-order valence-electron chi connectivity index (χ1n) is 11.1. The number of rotatable bonds is 8. The molecule has 0 fully saturated rings. The van der Waals surface area contributed by atoms with Crippen molar-refractivity contribution in [2.24, 2.45) is 0 Å². The third kappa shape index (κ3) is 5.29. The molecular formula is C23H31N3O5S2. The molecule has 0 saturated carbocycles. The van der Waals surface area contributed by atoms with Gasteiger partial charge in [0, 0.05) is 36.9 Å². The number of aryl methyl sites for hydroxylation is 1. The first kappa shape index (κ1) is 25.4. The summed E-state index contributed by atoms with van der Waals surface area (Å²) in [5, 5.41) is 0. The van der Waals surface area contributed by atoms with Crippen LogP contribution < -0.4 is 9.62 Å². The van der Waals surface area contributed by atoms with Crippen molar-refractivity contribution >= 4 is 31.6 Å². The lowest BCUT2D eigenvalue weighted by atomic mass is 10.0. The van der Waals surface area contributed by atoms with Crippen molar-refractivity contribution < 1.29 is 21.6 Å². The summed E-state index contributed by atoms with van der Waals surface area (Å²) in [4.78, 5) is 15.2. The molecule has 0 bridgehead atoms. The van der Waals surface area contributed by atoms with Crippen LogP contribution in [0, 0.1) is 0 Å². The van der Waals surface area contributed by atoms with Crippen molar-refractivity contribution in [3.63, 3.8) is 0 Å². The van der Waals surface area contributed by atoms with Gasteiger partial charge in [0.15, 0.2) is 0 Å². The third-order valence-corrected chi connectivity index (χ3v) is 9.28. The summed E-state index contributed by atoms with van der Waals surface area (Å²) in [6.45, 7) is 8.36. The summed E-state index contributed by atoms with van der Waals surface area (Å²) in [5.41, 5.74) is 1.86. The van der Waals surface area contributed by atoms with Crippen molar-refractivity contribution in [2.75, 3.05) is 24.5 Å². The van der Waals surface area contributed by atoms with Gasteiger partial charge in [0.2, 0.25) is 20.0 Å². The smallest absolute Gasteiger partial charge is 0.258 e. The Morgan fingerprint density at radius 2 is 1.61 bits per heavy atom. The standard InChI is InChI=1S/C23H31N3O5S2/c1-5-25(6-2)33(30,31)21-13-14-22-19(16-21)8-7-15-26(22)23(27)18-9-11-20(12-10-18)32(28,29)24-17(3)4/h9-14,16-17,24H,5-8,15H2,1-4H3. The van der Waals surface area contributed by atoms with Crippen LogP contribution >= 0.6 is 0 Å². The molecule has 1 aliphatic heterocycles. The van der Waals surface area contributed by atoms with E-state index in [0.717, 1.165) is 5.56 Å². The molecule has 8 nitrogen and oxygen atoms in total. The lowest BCUT2D eigenvalue weighted by molar-refractivity contribution is 0.0985. The van der Waals surface area contributed by atoms with Crippen LogP contribution in [0.4, 0.5) is 5.69 Å². The van der Waals surface area contributed by atoms with Gasteiger partial charge in [0.05, 0.1) is 9.79 Å². The molecule has 0 spiro atoms. The average Bonchev–Trinajstić information content (AvgIpc) is 2.77. The van der Waals surface area contributed by atoms with E-state index in [2.05, 4.69) is 4.72 Å². The van der Waals surface area contributed by atoms with Gasteiger partial charge in [0.1, 0.15) is 0 Å². The zero-order chi connectivity index (χ0) is 24.4. The Morgan fingerprint density at radius 1 is 1.00 bits per heavy atom. The largest absolute Gasteiger partial charge is 0.308 e. The molecule has 1 aliphatic rings. The number of hydrogen-bond acceptors (Lipinski definition) is 5. The molecule has 3 rings (SSSR count). The maximum absolute atomic E-state index is 13.2. The molecule has 0 unspecified atom stereocenters. The summed E-state index contributed by atoms with van der Waals surface area (Å²) in [6.07, 6.45) is 1.39. The number of hydrogen-bond donors (Lipinski definition) is 1. The van der Waals surface area contributed by atoms with E-state index in [1.165, 1.54) is 28.6 Å². The monoisotopic (exact) mass is 493 g/mol. The first-order chi connectivity index (χ1) is 15.5. The van der Waals surface area contributed by atoms with Crippen LogP contribution in [-0.4, -0.2) is 52.7 Å². The number of fused-ring (bicyclic) bond motifs is 1. The second-order valence-corrected chi connectivity index (χ2v) is 11.9. The van der Waals surface area contributed by atoms with Crippen molar-refractivity contribution in [1.29, 1.82) is 0 Å². The molecule has 0 aromatic heterocycles. The minimum Gasteiger partial charge on any atom is -0.308 e. The number of amides is 1. The number of sulfonamides is 2. The molecule has 0 radical (unpaired) electrons.